The fourth-order valence-corrected chi connectivity index (χ4v) is 3.35. The first-order valence-electron chi connectivity index (χ1n) is 2.45. The zero-order valence-corrected chi connectivity index (χ0v) is 8.99. The molecule has 0 aromatic rings. The van der Waals surface area contributed by atoms with Crippen molar-refractivity contribution in [1.29, 1.82) is 0 Å². The monoisotopic (exact) mass is 244 g/mol. The summed E-state index contributed by atoms with van der Waals surface area (Å²) < 4.78 is 19.7. The van der Waals surface area contributed by atoms with Gasteiger partial charge in [0.05, 0.1) is 0 Å². The van der Waals surface area contributed by atoms with Crippen molar-refractivity contribution in [3.63, 3.8) is 0 Å². The Morgan fingerprint density at radius 3 is 0.889 bits per heavy atom. The molecule has 0 aromatic heterocycles. The van der Waals surface area contributed by atoms with Gasteiger partial charge in [-0.05, 0) is 0 Å². The first-order valence-corrected chi connectivity index (χ1v) is 7.11. The van der Waals surface area contributed by atoms with Gasteiger partial charge in [-0.3, -0.25) is 0 Å². The summed E-state index contributed by atoms with van der Waals surface area (Å²) in [6, 6.07) is 0. The summed E-state index contributed by atoms with van der Waals surface area (Å²) >= 11 is -3.39. The second kappa shape index (κ2) is 4.45. The van der Waals surface area contributed by atoms with Gasteiger partial charge in [-0.1, -0.05) is 0 Å². The Morgan fingerprint density at radius 1 is 0.667 bits per heavy atom. The third-order valence-corrected chi connectivity index (χ3v) is 6.71. The summed E-state index contributed by atoms with van der Waals surface area (Å²) in [6.07, 6.45) is 0. The molecule has 0 bridgehead atoms. The summed E-state index contributed by atoms with van der Waals surface area (Å²) in [5, 5.41) is 0. The van der Waals surface area contributed by atoms with E-state index in [1.54, 1.807) is 0 Å². The Bertz CT molecular complexity index is 55.5. The zero-order valence-electron chi connectivity index (χ0n) is 6.13. The van der Waals surface area contributed by atoms with Crippen LogP contribution in [0.25, 0.3) is 0 Å². The minimum atomic E-state index is -3.39. The van der Waals surface area contributed by atoms with Crippen LogP contribution < -0.4 is 0 Å². The van der Waals surface area contributed by atoms with Crippen molar-refractivity contribution in [2.24, 2.45) is 0 Å². The van der Waals surface area contributed by atoms with Crippen molar-refractivity contribution in [3.05, 3.63) is 0 Å². The molecule has 0 N–H and O–H groups in total. The van der Waals surface area contributed by atoms with Gasteiger partial charge >= 0.3 is 60.8 Å². The Balaban J connectivity index is 3.82. The molecule has 0 atom stereocenters. The van der Waals surface area contributed by atoms with Crippen LogP contribution in [-0.2, 0) is 12.3 Å². The van der Waals surface area contributed by atoms with Gasteiger partial charge in [0.1, 0.15) is 0 Å². The van der Waals surface area contributed by atoms with Crippen LogP contribution in [0.15, 0.2) is 0 Å². The summed E-state index contributed by atoms with van der Waals surface area (Å²) in [6.45, 7) is 0. The molecule has 0 unspecified atom stereocenters. The molecular weight excluding hydrogens is 231 g/mol. The van der Waals surface area contributed by atoms with Crippen LogP contribution in [0, 0.1) is 0 Å². The predicted octanol–water partition coefficient (Wildman–Crippen LogP) is 0.00760. The average molecular weight is 243 g/mol. The van der Waals surface area contributed by atoms with E-state index in [0.29, 0.717) is 0 Å². The van der Waals surface area contributed by atoms with Crippen LogP contribution in [0.3, 0.4) is 0 Å². The van der Waals surface area contributed by atoms with Crippen LogP contribution in [-0.4, -0.2) is 48.5 Å². The molecule has 0 amide bonds. The average Bonchev–Trinajstić information content (AvgIpc) is 1.95. The SMILES string of the molecule is C[O][Sn]([O]C)([O]C)[O]C. The van der Waals surface area contributed by atoms with Gasteiger partial charge in [-0.25, -0.2) is 0 Å². The Morgan fingerprint density at radius 2 is 0.889 bits per heavy atom. The maximum absolute atomic E-state index is 4.93. The number of rotatable bonds is 4. The van der Waals surface area contributed by atoms with Gasteiger partial charge in [-0.2, -0.15) is 0 Å². The molecule has 0 aliphatic heterocycles. The molecule has 0 aromatic carbocycles. The summed E-state index contributed by atoms with van der Waals surface area (Å²) in [4.78, 5) is 0. The molecule has 0 heterocycles. The molecule has 0 aliphatic rings. The Labute approximate surface area is 61.1 Å². The molecule has 0 aliphatic carbocycles. The molecule has 0 rings (SSSR count). The van der Waals surface area contributed by atoms with Crippen molar-refractivity contribution in [3.8, 4) is 0 Å². The quantitative estimate of drug-likeness (QED) is 0.651. The summed E-state index contributed by atoms with van der Waals surface area (Å²) in [7, 11) is 6.08. The molecule has 5 heteroatoms. The van der Waals surface area contributed by atoms with Crippen LogP contribution in [0.5, 0.6) is 0 Å². The van der Waals surface area contributed by atoms with E-state index in [1.807, 2.05) is 0 Å². The Kier molecular flexibility index (Phi) is 4.77. The van der Waals surface area contributed by atoms with Gasteiger partial charge < -0.3 is 0 Å². The van der Waals surface area contributed by atoms with Gasteiger partial charge in [0.15, 0.2) is 0 Å². The van der Waals surface area contributed by atoms with Crippen LogP contribution in [0.2, 0.25) is 0 Å². The minimum absolute atomic E-state index is 1.52. The van der Waals surface area contributed by atoms with Crippen molar-refractivity contribution in [2.45, 2.75) is 0 Å². The van der Waals surface area contributed by atoms with E-state index < -0.39 is 20.0 Å². The molecule has 0 saturated heterocycles. The first-order chi connectivity index (χ1) is 4.24. The topological polar surface area (TPSA) is 36.9 Å². The molecule has 0 fully saturated rings. The van der Waals surface area contributed by atoms with E-state index >= 15 is 0 Å². The van der Waals surface area contributed by atoms with Gasteiger partial charge in [-0.15, -0.1) is 0 Å². The van der Waals surface area contributed by atoms with Crippen LogP contribution >= 0.6 is 0 Å². The van der Waals surface area contributed by atoms with E-state index in [4.69, 9.17) is 12.3 Å². The fourth-order valence-electron chi connectivity index (χ4n) is 0.500. The third-order valence-electron chi connectivity index (χ3n) is 1.00. The normalized spacial score (nSPS) is 12.0. The van der Waals surface area contributed by atoms with Crippen molar-refractivity contribution >= 4 is 20.0 Å². The van der Waals surface area contributed by atoms with E-state index in [0.717, 1.165) is 0 Å². The standard InChI is InChI=1S/4CH3O.Sn/c4*1-2;/h4*1H3;/q4*-1;+4. The molecule has 0 spiro atoms. The van der Waals surface area contributed by atoms with Crippen molar-refractivity contribution in [1.82, 2.24) is 0 Å². The first kappa shape index (κ1) is 9.64. The van der Waals surface area contributed by atoms with E-state index in [9.17, 15) is 0 Å². The van der Waals surface area contributed by atoms with E-state index in [2.05, 4.69) is 0 Å². The van der Waals surface area contributed by atoms with E-state index in [-0.39, 0.29) is 0 Å². The second-order valence-corrected chi connectivity index (χ2v) is 8.83. The van der Waals surface area contributed by atoms with E-state index in [1.165, 1.54) is 28.4 Å². The molecule has 56 valence electrons. The van der Waals surface area contributed by atoms with Crippen molar-refractivity contribution < 1.29 is 12.3 Å². The number of hydrogen-bond acceptors (Lipinski definition) is 4. The predicted molar refractivity (Wildman–Crippen MR) is 33.8 cm³/mol. The van der Waals surface area contributed by atoms with Gasteiger partial charge in [0.2, 0.25) is 0 Å². The van der Waals surface area contributed by atoms with Gasteiger partial charge in [0.25, 0.3) is 0 Å². The van der Waals surface area contributed by atoms with Gasteiger partial charge in [0, 0.05) is 0 Å². The fraction of sp³-hybridized carbons (Fsp3) is 1.00. The number of hydrogen-bond donors (Lipinski definition) is 0. The molecule has 4 nitrogen and oxygen atoms in total. The molecule has 0 saturated carbocycles. The van der Waals surface area contributed by atoms with Crippen LogP contribution in [0.4, 0.5) is 0 Å². The summed E-state index contributed by atoms with van der Waals surface area (Å²) in [5.41, 5.74) is 0. The molecule has 0 radical (unpaired) electrons. The maximum atomic E-state index is 4.93. The zero-order chi connectivity index (χ0) is 7.33. The van der Waals surface area contributed by atoms with Crippen LogP contribution in [0.1, 0.15) is 0 Å². The van der Waals surface area contributed by atoms with Crippen molar-refractivity contribution in [2.75, 3.05) is 28.4 Å². The second-order valence-electron chi connectivity index (χ2n) is 1.32. The Hall–Kier alpha value is 0.639. The molecular formula is C4H12O4Sn. The third kappa shape index (κ3) is 2.38. The molecule has 9 heavy (non-hydrogen) atoms. The summed E-state index contributed by atoms with van der Waals surface area (Å²) in [5.74, 6) is 0.